The molecule has 0 bridgehead atoms. The summed E-state index contributed by atoms with van der Waals surface area (Å²) in [5.41, 5.74) is 4.52. The number of hydrogen-bond acceptors (Lipinski definition) is 3. The molecule has 0 radical (unpaired) electrons. The van der Waals surface area contributed by atoms with Gasteiger partial charge in [-0.3, -0.25) is 0 Å². The predicted molar refractivity (Wildman–Crippen MR) is 55.7 cm³/mol. The quantitative estimate of drug-likeness (QED) is 0.685. The van der Waals surface area contributed by atoms with Gasteiger partial charge in [0.15, 0.2) is 0 Å². The Balaban J connectivity index is 3.02. The molecule has 106 valence electrons. The number of hydrogen-bond donors (Lipinski definition) is 1. The molecule has 3 nitrogen and oxygen atoms in total. The Morgan fingerprint density at radius 3 is 2.00 bits per heavy atom. The Hall–Kier alpha value is -1.70. The normalized spacial score (nSPS) is 14.1. The van der Waals surface area contributed by atoms with Crippen molar-refractivity contribution in [3.8, 4) is 0 Å². The summed E-state index contributed by atoms with van der Waals surface area (Å²) in [4.78, 5) is 11.1. The molecule has 0 unspecified atom stereocenters. The van der Waals surface area contributed by atoms with Gasteiger partial charge >= 0.3 is 18.1 Å². The van der Waals surface area contributed by atoms with Crippen LogP contribution in [0.5, 0.6) is 0 Å². The van der Waals surface area contributed by atoms with Gasteiger partial charge < -0.3 is 10.5 Å². The van der Waals surface area contributed by atoms with Crippen LogP contribution in [0.25, 0.3) is 0 Å². The smallest absolute Gasteiger partial charge is 0.455 e. The molecule has 19 heavy (non-hydrogen) atoms. The molecule has 1 aromatic carbocycles. The zero-order valence-corrected chi connectivity index (χ0v) is 9.67. The maximum atomic E-state index is 13.0. The molecule has 0 aliphatic rings. The highest BCUT2D eigenvalue weighted by Gasteiger charge is 2.61. The fourth-order valence-corrected chi connectivity index (χ4v) is 1.33. The lowest BCUT2D eigenvalue weighted by atomic mass is 10.00. The molecule has 0 aliphatic heterocycles. The Morgan fingerprint density at radius 2 is 1.63 bits per heavy atom. The first-order valence-electron chi connectivity index (χ1n) is 4.99. The van der Waals surface area contributed by atoms with Crippen molar-refractivity contribution in [1.82, 2.24) is 0 Å². The molecular weight excluding hydrogens is 273 g/mol. The second-order valence-electron chi connectivity index (χ2n) is 3.71. The predicted octanol–water partition coefficient (Wildman–Crippen LogP) is 2.67. The van der Waals surface area contributed by atoms with Crippen LogP contribution in [-0.2, 0) is 4.74 Å². The van der Waals surface area contributed by atoms with Gasteiger partial charge in [0.2, 0.25) is 0 Å². The molecule has 0 saturated heterocycles. The van der Waals surface area contributed by atoms with Gasteiger partial charge in [-0.25, -0.2) is 4.79 Å². The highest BCUT2D eigenvalue weighted by atomic mass is 19.4. The van der Waals surface area contributed by atoms with Gasteiger partial charge in [0, 0.05) is 0 Å². The Bertz CT molecular complexity index is 455. The molecule has 0 heterocycles. The fraction of sp³-hybridized carbons (Fsp3) is 0.364. The summed E-state index contributed by atoms with van der Waals surface area (Å²) >= 11 is 0. The summed E-state index contributed by atoms with van der Waals surface area (Å²) in [6.07, 6.45) is -5.74. The zero-order chi connectivity index (χ0) is 14.8. The lowest BCUT2D eigenvalue weighted by Gasteiger charge is -2.25. The van der Waals surface area contributed by atoms with Crippen LogP contribution in [0.2, 0.25) is 0 Å². The van der Waals surface area contributed by atoms with Crippen molar-refractivity contribution in [2.75, 3.05) is 7.11 Å². The van der Waals surface area contributed by atoms with Crippen molar-refractivity contribution in [3.63, 3.8) is 0 Å². The summed E-state index contributed by atoms with van der Waals surface area (Å²) < 4.78 is 66.7. The molecule has 1 aromatic rings. The van der Waals surface area contributed by atoms with Crippen molar-refractivity contribution in [2.24, 2.45) is 5.73 Å². The molecule has 1 atom stereocenters. The summed E-state index contributed by atoms with van der Waals surface area (Å²) in [7, 11) is 1.11. The van der Waals surface area contributed by atoms with Crippen molar-refractivity contribution in [2.45, 2.75) is 18.1 Å². The molecule has 0 spiro atoms. The van der Waals surface area contributed by atoms with Crippen molar-refractivity contribution in [1.29, 1.82) is 0 Å². The number of nitrogens with two attached hydrogens (primary N) is 1. The molecule has 0 saturated carbocycles. The largest absolute Gasteiger partial charge is 0.465 e. The van der Waals surface area contributed by atoms with Gasteiger partial charge in [0.1, 0.15) is 6.04 Å². The Labute approximate surface area is 105 Å². The van der Waals surface area contributed by atoms with Crippen LogP contribution in [0.4, 0.5) is 22.0 Å². The van der Waals surface area contributed by atoms with Gasteiger partial charge in [0.05, 0.1) is 12.7 Å². The van der Waals surface area contributed by atoms with Gasteiger partial charge in [-0.15, -0.1) is 0 Å². The van der Waals surface area contributed by atoms with E-state index < -0.39 is 29.7 Å². The molecule has 2 N–H and O–H groups in total. The summed E-state index contributed by atoms with van der Waals surface area (Å²) in [6.45, 7) is 0. The second kappa shape index (κ2) is 5.12. The van der Waals surface area contributed by atoms with Crippen LogP contribution in [0.15, 0.2) is 24.3 Å². The maximum absolute atomic E-state index is 13.0. The molecule has 0 aromatic heterocycles. The van der Waals surface area contributed by atoms with Gasteiger partial charge in [0.25, 0.3) is 0 Å². The second-order valence-corrected chi connectivity index (χ2v) is 3.71. The zero-order valence-electron chi connectivity index (χ0n) is 9.67. The lowest BCUT2D eigenvalue weighted by molar-refractivity contribution is -0.291. The minimum atomic E-state index is -5.74. The number of methoxy groups -OCH3 is 1. The first-order valence-corrected chi connectivity index (χ1v) is 4.99. The molecule has 1 rings (SSSR count). The van der Waals surface area contributed by atoms with Crippen LogP contribution in [0.1, 0.15) is 22.0 Å². The van der Waals surface area contributed by atoms with E-state index in [4.69, 9.17) is 5.73 Å². The van der Waals surface area contributed by atoms with Crippen LogP contribution in [0.3, 0.4) is 0 Å². The third-order valence-electron chi connectivity index (χ3n) is 2.46. The summed E-state index contributed by atoms with van der Waals surface area (Å²) in [5.74, 6) is -5.79. The van der Waals surface area contributed by atoms with Crippen LogP contribution >= 0.6 is 0 Å². The van der Waals surface area contributed by atoms with E-state index in [1.54, 1.807) is 0 Å². The Kier molecular flexibility index (Phi) is 4.14. The van der Waals surface area contributed by atoms with Gasteiger partial charge in [-0.05, 0) is 17.7 Å². The average Bonchev–Trinajstić information content (AvgIpc) is 2.35. The number of esters is 1. The van der Waals surface area contributed by atoms with Crippen LogP contribution in [-0.4, -0.2) is 25.2 Å². The van der Waals surface area contributed by atoms with E-state index in [1.165, 1.54) is 0 Å². The molecule has 0 fully saturated rings. The number of benzene rings is 1. The first-order chi connectivity index (χ1) is 8.61. The highest BCUT2D eigenvalue weighted by Crippen LogP contribution is 2.43. The number of rotatable bonds is 3. The minimum Gasteiger partial charge on any atom is -0.465 e. The number of alkyl halides is 5. The van der Waals surface area contributed by atoms with E-state index in [0.717, 1.165) is 31.4 Å². The van der Waals surface area contributed by atoms with E-state index in [0.29, 0.717) is 0 Å². The number of carbonyl (C=O) groups excluding carboxylic acids is 1. The van der Waals surface area contributed by atoms with E-state index >= 15 is 0 Å². The number of carbonyl (C=O) groups is 1. The number of ether oxygens (including phenoxy) is 1. The van der Waals surface area contributed by atoms with Gasteiger partial charge in [-0.1, -0.05) is 12.1 Å². The topological polar surface area (TPSA) is 52.3 Å². The van der Waals surface area contributed by atoms with Crippen molar-refractivity contribution >= 4 is 5.97 Å². The third kappa shape index (κ3) is 3.01. The van der Waals surface area contributed by atoms with E-state index in [9.17, 15) is 26.7 Å². The minimum absolute atomic E-state index is 0.0220. The van der Waals surface area contributed by atoms with E-state index in [2.05, 4.69) is 4.74 Å². The molecule has 0 aliphatic carbocycles. The maximum Gasteiger partial charge on any atom is 0.455 e. The fourth-order valence-electron chi connectivity index (χ4n) is 1.33. The number of halogens is 5. The van der Waals surface area contributed by atoms with Crippen LogP contribution < -0.4 is 5.73 Å². The Morgan fingerprint density at radius 1 is 1.16 bits per heavy atom. The van der Waals surface area contributed by atoms with E-state index in [1.807, 2.05) is 0 Å². The lowest BCUT2D eigenvalue weighted by Crippen LogP contribution is -2.45. The summed E-state index contributed by atoms with van der Waals surface area (Å²) in [6, 6.07) is 1.44. The molecular formula is C11H10F5NO2. The molecule has 8 heteroatoms. The first kappa shape index (κ1) is 15.4. The van der Waals surface area contributed by atoms with E-state index in [-0.39, 0.29) is 5.56 Å². The SMILES string of the molecule is COC(=O)c1ccc([C@@H](N)C(F)(F)C(F)(F)F)cc1. The molecule has 0 amide bonds. The van der Waals surface area contributed by atoms with Crippen molar-refractivity contribution in [3.05, 3.63) is 35.4 Å². The van der Waals surface area contributed by atoms with Crippen LogP contribution in [0, 0.1) is 0 Å². The standard InChI is InChI=1S/C11H10F5NO2/c1-19-9(18)7-4-2-6(3-5-7)8(17)10(12,13)11(14,15)16/h2-5,8H,17H2,1H3/t8-/m1/s1. The monoisotopic (exact) mass is 283 g/mol. The third-order valence-corrected chi connectivity index (χ3v) is 2.46. The van der Waals surface area contributed by atoms with Crippen molar-refractivity contribution < 1.29 is 31.5 Å². The van der Waals surface area contributed by atoms with Gasteiger partial charge in [-0.2, -0.15) is 22.0 Å². The average molecular weight is 283 g/mol. The summed E-state index contributed by atoms with van der Waals surface area (Å²) in [5, 5.41) is 0. The highest BCUT2D eigenvalue weighted by molar-refractivity contribution is 5.89.